The zero-order valence-corrected chi connectivity index (χ0v) is 7.16. The van der Waals surface area contributed by atoms with E-state index in [0.717, 1.165) is 5.69 Å². The van der Waals surface area contributed by atoms with Crippen molar-refractivity contribution in [2.75, 3.05) is 6.54 Å². The van der Waals surface area contributed by atoms with Gasteiger partial charge in [-0.2, -0.15) is 0 Å². The maximum absolute atomic E-state index is 11.9. The molecular formula is C7H12F2N4. The van der Waals surface area contributed by atoms with Crippen molar-refractivity contribution in [3.63, 3.8) is 0 Å². The van der Waals surface area contributed by atoms with Crippen LogP contribution in [0.15, 0.2) is 6.20 Å². The number of rotatable bonds is 5. The second kappa shape index (κ2) is 4.86. The van der Waals surface area contributed by atoms with E-state index in [0.29, 0.717) is 13.0 Å². The zero-order valence-electron chi connectivity index (χ0n) is 7.16. The molecule has 0 bridgehead atoms. The highest BCUT2D eigenvalue weighted by molar-refractivity contribution is 4.94. The fourth-order valence-electron chi connectivity index (χ4n) is 1.03. The van der Waals surface area contributed by atoms with Gasteiger partial charge in [0.05, 0.1) is 11.9 Å². The number of alkyl halides is 2. The lowest BCUT2D eigenvalue weighted by Crippen LogP contribution is -2.12. The highest BCUT2D eigenvalue weighted by atomic mass is 19.3. The van der Waals surface area contributed by atoms with Crippen LogP contribution in [-0.2, 0) is 13.0 Å². The van der Waals surface area contributed by atoms with E-state index < -0.39 is 6.43 Å². The van der Waals surface area contributed by atoms with Gasteiger partial charge in [0.25, 0.3) is 0 Å². The molecular weight excluding hydrogens is 178 g/mol. The smallest absolute Gasteiger partial charge is 0.240 e. The second-order valence-electron chi connectivity index (χ2n) is 2.67. The standard InChI is InChI=1S/C7H12F2N4/c8-7(9)2-4-13-6(1-3-10)5-11-12-13/h5,7H,1-4,10H2. The maximum Gasteiger partial charge on any atom is 0.240 e. The monoisotopic (exact) mass is 190 g/mol. The molecule has 2 N–H and O–H groups in total. The molecule has 13 heavy (non-hydrogen) atoms. The molecule has 1 heterocycles. The van der Waals surface area contributed by atoms with Crippen LogP contribution in [0.4, 0.5) is 8.78 Å². The summed E-state index contributed by atoms with van der Waals surface area (Å²) in [5, 5.41) is 7.32. The first kappa shape index (κ1) is 10.0. The van der Waals surface area contributed by atoms with E-state index in [1.54, 1.807) is 6.20 Å². The number of halogens is 2. The number of aromatic nitrogens is 3. The first-order valence-corrected chi connectivity index (χ1v) is 4.09. The minimum Gasteiger partial charge on any atom is -0.330 e. The minimum absolute atomic E-state index is 0.194. The number of hydrogen-bond acceptors (Lipinski definition) is 3. The van der Waals surface area contributed by atoms with Gasteiger partial charge in [-0.25, -0.2) is 13.5 Å². The van der Waals surface area contributed by atoms with Gasteiger partial charge in [0, 0.05) is 19.4 Å². The zero-order chi connectivity index (χ0) is 9.68. The van der Waals surface area contributed by atoms with Gasteiger partial charge in [0.1, 0.15) is 0 Å². The third kappa shape index (κ3) is 3.06. The van der Waals surface area contributed by atoms with Gasteiger partial charge in [-0.3, -0.25) is 0 Å². The Morgan fingerprint density at radius 2 is 2.31 bits per heavy atom. The summed E-state index contributed by atoms with van der Waals surface area (Å²) in [7, 11) is 0. The van der Waals surface area contributed by atoms with Crippen molar-refractivity contribution in [2.24, 2.45) is 5.73 Å². The van der Waals surface area contributed by atoms with Crippen molar-refractivity contribution in [3.05, 3.63) is 11.9 Å². The Balaban J connectivity index is 2.49. The van der Waals surface area contributed by atoms with E-state index in [4.69, 9.17) is 5.73 Å². The Morgan fingerprint density at radius 3 is 2.92 bits per heavy atom. The van der Waals surface area contributed by atoms with Crippen molar-refractivity contribution in [1.82, 2.24) is 15.0 Å². The second-order valence-corrected chi connectivity index (χ2v) is 2.67. The van der Waals surface area contributed by atoms with E-state index in [1.165, 1.54) is 4.68 Å². The molecule has 0 saturated heterocycles. The molecule has 0 aliphatic heterocycles. The molecule has 0 radical (unpaired) electrons. The maximum atomic E-state index is 11.9. The molecule has 0 fully saturated rings. The summed E-state index contributed by atoms with van der Waals surface area (Å²) in [6.07, 6.45) is -0.315. The van der Waals surface area contributed by atoms with E-state index in [2.05, 4.69) is 10.3 Å². The summed E-state index contributed by atoms with van der Waals surface area (Å²) in [4.78, 5) is 0. The average Bonchev–Trinajstić information content (AvgIpc) is 2.49. The van der Waals surface area contributed by atoms with Crippen molar-refractivity contribution >= 4 is 0 Å². The van der Waals surface area contributed by atoms with Crippen LogP contribution in [0.2, 0.25) is 0 Å². The highest BCUT2D eigenvalue weighted by Gasteiger charge is 2.06. The fraction of sp³-hybridized carbons (Fsp3) is 0.714. The number of hydrogen-bond donors (Lipinski definition) is 1. The van der Waals surface area contributed by atoms with Crippen LogP contribution in [0.3, 0.4) is 0 Å². The topological polar surface area (TPSA) is 56.7 Å². The van der Waals surface area contributed by atoms with Gasteiger partial charge >= 0.3 is 0 Å². The van der Waals surface area contributed by atoms with Gasteiger partial charge in [0.2, 0.25) is 6.43 Å². The first-order chi connectivity index (χ1) is 6.24. The molecule has 6 heteroatoms. The van der Waals surface area contributed by atoms with Crippen LogP contribution in [-0.4, -0.2) is 28.0 Å². The van der Waals surface area contributed by atoms with Crippen molar-refractivity contribution in [2.45, 2.75) is 25.8 Å². The number of nitrogens with zero attached hydrogens (tertiary/aromatic N) is 3. The van der Waals surface area contributed by atoms with Gasteiger partial charge in [-0.05, 0) is 6.54 Å². The SMILES string of the molecule is NCCc1cnnn1CCC(F)F. The molecule has 0 saturated carbocycles. The molecule has 1 aromatic heterocycles. The Kier molecular flexibility index (Phi) is 3.75. The molecule has 4 nitrogen and oxygen atoms in total. The Bertz CT molecular complexity index is 248. The van der Waals surface area contributed by atoms with Crippen LogP contribution < -0.4 is 5.73 Å². The van der Waals surface area contributed by atoms with Crippen LogP contribution in [0, 0.1) is 0 Å². The van der Waals surface area contributed by atoms with Gasteiger partial charge in [-0.15, -0.1) is 5.10 Å². The minimum atomic E-state index is -2.30. The van der Waals surface area contributed by atoms with E-state index in [-0.39, 0.29) is 13.0 Å². The molecule has 0 aliphatic rings. The van der Waals surface area contributed by atoms with Crippen molar-refractivity contribution in [3.8, 4) is 0 Å². The number of aryl methyl sites for hydroxylation is 1. The summed E-state index contributed by atoms with van der Waals surface area (Å²) >= 11 is 0. The molecule has 0 amide bonds. The third-order valence-electron chi connectivity index (χ3n) is 1.66. The molecule has 0 unspecified atom stereocenters. The predicted octanol–water partition coefficient (Wildman–Crippen LogP) is 0.434. The normalized spacial score (nSPS) is 11.1. The third-order valence-corrected chi connectivity index (χ3v) is 1.66. The number of nitrogens with two attached hydrogens (primary N) is 1. The lowest BCUT2D eigenvalue weighted by atomic mass is 10.3. The molecule has 0 aliphatic carbocycles. The van der Waals surface area contributed by atoms with E-state index >= 15 is 0 Å². The van der Waals surface area contributed by atoms with Crippen LogP contribution >= 0.6 is 0 Å². The van der Waals surface area contributed by atoms with Gasteiger partial charge in [0.15, 0.2) is 0 Å². The molecule has 1 aromatic rings. The summed E-state index contributed by atoms with van der Waals surface area (Å²) in [6.45, 7) is 0.676. The van der Waals surface area contributed by atoms with Gasteiger partial charge < -0.3 is 5.73 Å². The first-order valence-electron chi connectivity index (χ1n) is 4.09. The van der Waals surface area contributed by atoms with E-state index in [9.17, 15) is 8.78 Å². The van der Waals surface area contributed by atoms with E-state index in [1.807, 2.05) is 0 Å². The molecule has 74 valence electrons. The largest absolute Gasteiger partial charge is 0.330 e. The highest BCUT2D eigenvalue weighted by Crippen LogP contribution is 2.03. The Hall–Kier alpha value is -1.04. The fourth-order valence-corrected chi connectivity index (χ4v) is 1.03. The molecule has 0 spiro atoms. The summed E-state index contributed by atoms with van der Waals surface area (Å²) in [6, 6.07) is 0. The lowest BCUT2D eigenvalue weighted by molar-refractivity contribution is 0.129. The summed E-state index contributed by atoms with van der Waals surface area (Å²) in [5.74, 6) is 0. The quantitative estimate of drug-likeness (QED) is 0.732. The van der Waals surface area contributed by atoms with Gasteiger partial charge in [-0.1, -0.05) is 5.21 Å². The summed E-state index contributed by atoms with van der Waals surface area (Å²) < 4.78 is 25.2. The lowest BCUT2D eigenvalue weighted by Gasteiger charge is -2.03. The molecule has 0 atom stereocenters. The van der Waals surface area contributed by atoms with Crippen LogP contribution in [0.5, 0.6) is 0 Å². The van der Waals surface area contributed by atoms with Crippen molar-refractivity contribution < 1.29 is 8.78 Å². The Labute approximate surface area is 74.7 Å². The molecule has 0 aromatic carbocycles. The van der Waals surface area contributed by atoms with Crippen LogP contribution in [0.25, 0.3) is 0 Å². The summed E-state index contributed by atoms with van der Waals surface area (Å²) in [5.41, 5.74) is 6.14. The molecule has 1 rings (SSSR count). The van der Waals surface area contributed by atoms with Crippen LogP contribution in [0.1, 0.15) is 12.1 Å². The predicted molar refractivity (Wildman–Crippen MR) is 43.4 cm³/mol. The Morgan fingerprint density at radius 1 is 1.54 bits per heavy atom. The average molecular weight is 190 g/mol. The van der Waals surface area contributed by atoms with Crippen molar-refractivity contribution in [1.29, 1.82) is 0 Å².